The van der Waals surface area contributed by atoms with Gasteiger partial charge in [-0.15, -0.1) is 0 Å². The molecule has 0 amide bonds. The minimum absolute atomic E-state index is 0.0525. The van der Waals surface area contributed by atoms with Gasteiger partial charge in [0.25, 0.3) is 0 Å². The monoisotopic (exact) mass is 331 g/mol. The third kappa shape index (κ3) is 4.70. The van der Waals surface area contributed by atoms with Crippen molar-refractivity contribution in [3.63, 3.8) is 0 Å². The molecule has 3 heteroatoms. The Labute approximate surface area is 148 Å². The number of carboxylic acid groups (broad SMARTS) is 1. The first-order chi connectivity index (χ1) is 12.2. The van der Waals surface area contributed by atoms with Gasteiger partial charge in [-0.1, -0.05) is 72.8 Å². The van der Waals surface area contributed by atoms with Crippen molar-refractivity contribution < 1.29 is 9.90 Å². The summed E-state index contributed by atoms with van der Waals surface area (Å²) < 4.78 is 0. The van der Waals surface area contributed by atoms with Gasteiger partial charge in [0, 0.05) is 18.2 Å². The fourth-order valence-electron chi connectivity index (χ4n) is 2.93. The van der Waals surface area contributed by atoms with Crippen molar-refractivity contribution in [2.24, 2.45) is 0 Å². The molecule has 0 aliphatic carbocycles. The number of hydrogen-bond donors (Lipinski definition) is 2. The van der Waals surface area contributed by atoms with Crippen LogP contribution in [0.2, 0.25) is 0 Å². The molecule has 0 aliphatic rings. The van der Waals surface area contributed by atoms with Gasteiger partial charge in [-0.3, -0.25) is 4.79 Å². The van der Waals surface area contributed by atoms with Crippen LogP contribution >= 0.6 is 0 Å². The summed E-state index contributed by atoms with van der Waals surface area (Å²) in [6.07, 6.45) is 0.0525. The second-order valence-corrected chi connectivity index (χ2v) is 6.02. The zero-order valence-corrected chi connectivity index (χ0v) is 13.9. The van der Waals surface area contributed by atoms with E-state index in [-0.39, 0.29) is 12.3 Å². The Balaban J connectivity index is 1.74. The van der Waals surface area contributed by atoms with Gasteiger partial charge >= 0.3 is 5.97 Å². The Kier molecular flexibility index (Phi) is 5.47. The average Bonchev–Trinajstić information content (AvgIpc) is 2.65. The quantitative estimate of drug-likeness (QED) is 0.667. The Morgan fingerprint density at radius 2 is 1.32 bits per heavy atom. The summed E-state index contributed by atoms with van der Waals surface area (Å²) in [7, 11) is 0. The van der Waals surface area contributed by atoms with Gasteiger partial charge in [-0.25, -0.2) is 0 Å². The zero-order chi connectivity index (χ0) is 17.5. The van der Waals surface area contributed by atoms with Crippen LogP contribution in [0.1, 0.15) is 22.6 Å². The second kappa shape index (κ2) is 8.15. The number of carbonyl (C=O) groups is 1. The standard InChI is InChI=1S/C22H21NO2/c24-22(25)15-17-11-13-20(14-12-17)23-16-21(18-7-3-1-4-8-18)19-9-5-2-6-10-19/h1-14,21,23H,15-16H2,(H,24,25). The van der Waals surface area contributed by atoms with E-state index in [9.17, 15) is 4.79 Å². The normalized spacial score (nSPS) is 10.6. The minimum Gasteiger partial charge on any atom is -0.481 e. The highest BCUT2D eigenvalue weighted by Gasteiger charge is 2.13. The smallest absolute Gasteiger partial charge is 0.307 e. The van der Waals surface area contributed by atoms with Crippen molar-refractivity contribution in [2.75, 3.05) is 11.9 Å². The molecule has 0 aliphatic heterocycles. The summed E-state index contributed by atoms with van der Waals surface area (Å²) in [6, 6.07) is 28.5. The van der Waals surface area contributed by atoms with E-state index in [0.717, 1.165) is 17.8 Å². The van der Waals surface area contributed by atoms with Gasteiger partial charge in [-0.2, -0.15) is 0 Å². The largest absolute Gasteiger partial charge is 0.481 e. The van der Waals surface area contributed by atoms with Crippen LogP contribution in [0.5, 0.6) is 0 Å². The molecule has 3 aromatic carbocycles. The van der Waals surface area contributed by atoms with Crippen LogP contribution in [0, 0.1) is 0 Å². The van der Waals surface area contributed by atoms with Crippen LogP contribution in [0.15, 0.2) is 84.9 Å². The molecule has 0 saturated carbocycles. The van der Waals surface area contributed by atoms with Gasteiger partial charge in [0.05, 0.1) is 6.42 Å². The molecule has 0 spiro atoms. The highest BCUT2D eigenvalue weighted by Crippen LogP contribution is 2.25. The van der Waals surface area contributed by atoms with Crippen LogP contribution in [-0.2, 0) is 11.2 Å². The number of benzene rings is 3. The van der Waals surface area contributed by atoms with Crippen molar-refractivity contribution in [2.45, 2.75) is 12.3 Å². The molecule has 25 heavy (non-hydrogen) atoms. The second-order valence-electron chi connectivity index (χ2n) is 6.02. The molecule has 3 nitrogen and oxygen atoms in total. The van der Waals surface area contributed by atoms with Gasteiger partial charge in [0.2, 0.25) is 0 Å². The Morgan fingerprint density at radius 1 is 0.800 bits per heavy atom. The summed E-state index contributed by atoms with van der Waals surface area (Å²) in [4.78, 5) is 10.8. The molecule has 0 fully saturated rings. The maximum atomic E-state index is 10.8. The Bertz CT molecular complexity index is 759. The molecular formula is C22H21NO2. The van der Waals surface area contributed by atoms with Crippen molar-refractivity contribution in [1.82, 2.24) is 0 Å². The fourth-order valence-corrected chi connectivity index (χ4v) is 2.93. The molecule has 0 unspecified atom stereocenters. The van der Waals surface area contributed by atoms with E-state index in [2.05, 4.69) is 53.8 Å². The predicted molar refractivity (Wildman–Crippen MR) is 101 cm³/mol. The molecule has 0 aromatic heterocycles. The average molecular weight is 331 g/mol. The molecular weight excluding hydrogens is 310 g/mol. The Morgan fingerprint density at radius 3 is 1.80 bits per heavy atom. The van der Waals surface area contributed by atoms with E-state index in [1.165, 1.54) is 11.1 Å². The summed E-state index contributed by atoms with van der Waals surface area (Å²) >= 11 is 0. The van der Waals surface area contributed by atoms with Crippen LogP contribution in [0.25, 0.3) is 0 Å². The van der Waals surface area contributed by atoms with E-state index in [1.807, 2.05) is 36.4 Å². The predicted octanol–water partition coefficient (Wildman–Crippen LogP) is 4.56. The highest BCUT2D eigenvalue weighted by atomic mass is 16.4. The van der Waals surface area contributed by atoms with Gasteiger partial charge in [0.15, 0.2) is 0 Å². The first-order valence-electron chi connectivity index (χ1n) is 8.37. The summed E-state index contributed by atoms with van der Waals surface area (Å²) in [6.45, 7) is 0.770. The number of aliphatic carboxylic acids is 1. The maximum absolute atomic E-state index is 10.8. The molecule has 3 rings (SSSR count). The summed E-state index contributed by atoms with van der Waals surface area (Å²) in [5.41, 5.74) is 4.33. The highest BCUT2D eigenvalue weighted by molar-refractivity contribution is 5.70. The maximum Gasteiger partial charge on any atom is 0.307 e. The third-order valence-electron chi connectivity index (χ3n) is 4.22. The molecule has 0 radical (unpaired) electrons. The van der Waals surface area contributed by atoms with Crippen molar-refractivity contribution in [1.29, 1.82) is 0 Å². The van der Waals surface area contributed by atoms with Gasteiger partial charge < -0.3 is 10.4 Å². The molecule has 126 valence electrons. The lowest BCUT2D eigenvalue weighted by Gasteiger charge is -2.19. The molecule has 3 aromatic rings. The first kappa shape index (κ1) is 16.8. The van der Waals surface area contributed by atoms with Gasteiger partial charge in [0.1, 0.15) is 0 Å². The summed E-state index contributed by atoms with van der Waals surface area (Å²) in [5.74, 6) is -0.560. The lowest BCUT2D eigenvalue weighted by atomic mass is 9.91. The van der Waals surface area contributed by atoms with Crippen molar-refractivity contribution in [3.8, 4) is 0 Å². The van der Waals surface area contributed by atoms with Crippen LogP contribution in [-0.4, -0.2) is 17.6 Å². The van der Waals surface area contributed by atoms with E-state index in [4.69, 9.17) is 5.11 Å². The Hall–Kier alpha value is -3.07. The fraction of sp³-hybridized carbons (Fsp3) is 0.136. The van der Waals surface area contributed by atoms with Crippen molar-refractivity contribution >= 4 is 11.7 Å². The number of hydrogen-bond acceptors (Lipinski definition) is 2. The number of carboxylic acids is 1. The minimum atomic E-state index is -0.811. The van der Waals surface area contributed by atoms with Crippen LogP contribution < -0.4 is 5.32 Å². The van der Waals surface area contributed by atoms with Crippen LogP contribution in [0.3, 0.4) is 0 Å². The summed E-state index contributed by atoms with van der Waals surface area (Å²) in [5, 5.41) is 12.3. The molecule has 0 saturated heterocycles. The van der Waals surface area contributed by atoms with E-state index in [1.54, 1.807) is 0 Å². The van der Waals surface area contributed by atoms with Crippen LogP contribution in [0.4, 0.5) is 5.69 Å². The topological polar surface area (TPSA) is 49.3 Å². The molecule has 0 heterocycles. The van der Waals surface area contributed by atoms with Crippen molar-refractivity contribution in [3.05, 3.63) is 102 Å². The number of anilines is 1. The zero-order valence-electron chi connectivity index (χ0n) is 13.9. The number of nitrogens with one attached hydrogen (secondary N) is 1. The molecule has 0 atom stereocenters. The molecule has 2 N–H and O–H groups in total. The van der Waals surface area contributed by atoms with E-state index < -0.39 is 5.97 Å². The first-order valence-corrected chi connectivity index (χ1v) is 8.37. The third-order valence-corrected chi connectivity index (χ3v) is 4.22. The van der Waals surface area contributed by atoms with E-state index in [0.29, 0.717) is 0 Å². The SMILES string of the molecule is O=C(O)Cc1ccc(NCC(c2ccccc2)c2ccccc2)cc1. The number of rotatable bonds is 7. The van der Waals surface area contributed by atoms with Gasteiger partial charge in [-0.05, 0) is 28.8 Å². The van der Waals surface area contributed by atoms with E-state index >= 15 is 0 Å². The lowest BCUT2D eigenvalue weighted by molar-refractivity contribution is -0.136. The molecule has 0 bridgehead atoms. The lowest BCUT2D eigenvalue weighted by Crippen LogP contribution is -2.14.